The van der Waals surface area contributed by atoms with Gasteiger partial charge in [-0.2, -0.15) is 0 Å². The standard InChI is InChI=1S/C24H20I4O5/c1-14-2-4-15(5-3-14)13-31-6-7-32-23-20(27)11-17(12-21(23)28)33-24-18(25)8-16(9-19(24)26)10-22(29)30/h2-5,8-9,11-12H,6-7,10,13H2,1H3,(H,29,30). The average Bonchev–Trinajstić information content (AvgIpc) is 2.73. The van der Waals surface area contributed by atoms with Crippen molar-refractivity contribution < 1.29 is 24.1 Å². The molecule has 0 radical (unpaired) electrons. The van der Waals surface area contributed by atoms with Gasteiger partial charge < -0.3 is 19.3 Å². The summed E-state index contributed by atoms with van der Waals surface area (Å²) in [4.78, 5) is 11.0. The van der Waals surface area contributed by atoms with E-state index in [1.54, 1.807) is 0 Å². The first-order valence-corrected chi connectivity index (χ1v) is 14.2. The molecule has 0 amide bonds. The molecule has 0 saturated carbocycles. The molecule has 0 aliphatic heterocycles. The van der Waals surface area contributed by atoms with E-state index in [-0.39, 0.29) is 6.42 Å². The van der Waals surface area contributed by atoms with E-state index in [1.807, 2.05) is 24.3 Å². The Kier molecular flexibility index (Phi) is 10.8. The summed E-state index contributed by atoms with van der Waals surface area (Å²) in [6.07, 6.45) is -0.0111. The van der Waals surface area contributed by atoms with Gasteiger partial charge in [0.25, 0.3) is 0 Å². The molecule has 3 aromatic rings. The summed E-state index contributed by atoms with van der Waals surface area (Å²) >= 11 is 8.84. The maximum absolute atomic E-state index is 11.0. The van der Waals surface area contributed by atoms with Gasteiger partial charge in [-0.05, 0) is 133 Å². The number of benzene rings is 3. The van der Waals surface area contributed by atoms with Gasteiger partial charge in [0.15, 0.2) is 5.75 Å². The lowest BCUT2D eigenvalue weighted by atomic mass is 10.1. The van der Waals surface area contributed by atoms with Gasteiger partial charge in [0.2, 0.25) is 0 Å². The molecule has 5 nitrogen and oxygen atoms in total. The van der Waals surface area contributed by atoms with Gasteiger partial charge >= 0.3 is 5.97 Å². The van der Waals surface area contributed by atoms with Crippen molar-refractivity contribution in [3.8, 4) is 17.2 Å². The zero-order valence-electron chi connectivity index (χ0n) is 17.5. The van der Waals surface area contributed by atoms with Crippen LogP contribution in [0.15, 0.2) is 48.5 Å². The van der Waals surface area contributed by atoms with Crippen LogP contribution in [-0.2, 0) is 22.6 Å². The highest BCUT2D eigenvalue weighted by atomic mass is 127. The number of carbonyl (C=O) groups is 1. The number of ether oxygens (including phenoxy) is 3. The normalized spacial score (nSPS) is 10.8. The minimum absolute atomic E-state index is 0.0111. The Labute approximate surface area is 247 Å². The summed E-state index contributed by atoms with van der Waals surface area (Å²) in [6, 6.07) is 15.9. The molecule has 174 valence electrons. The molecule has 1 N–H and O–H groups in total. The van der Waals surface area contributed by atoms with Crippen molar-refractivity contribution >= 4 is 96.3 Å². The SMILES string of the molecule is Cc1ccc(COCCOc2c(I)cc(Oc3c(I)cc(CC(=O)O)cc3I)cc2I)cc1. The summed E-state index contributed by atoms with van der Waals surface area (Å²) in [5.41, 5.74) is 3.13. The molecule has 0 heterocycles. The van der Waals surface area contributed by atoms with Crippen LogP contribution in [0, 0.1) is 21.2 Å². The van der Waals surface area contributed by atoms with Crippen molar-refractivity contribution in [1.82, 2.24) is 0 Å². The fourth-order valence-electron chi connectivity index (χ4n) is 2.91. The lowest BCUT2D eigenvalue weighted by Gasteiger charge is -2.15. The summed E-state index contributed by atoms with van der Waals surface area (Å²) in [6.45, 7) is 3.58. The summed E-state index contributed by atoms with van der Waals surface area (Å²) in [5.74, 6) is 1.38. The van der Waals surface area contributed by atoms with E-state index >= 15 is 0 Å². The van der Waals surface area contributed by atoms with Crippen molar-refractivity contribution in [2.24, 2.45) is 0 Å². The van der Waals surface area contributed by atoms with E-state index < -0.39 is 5.97 Å². The van der Waals surface area contributed by atoms with Gasteiger partial charge in [-0.3, -0.25) is 4.79 Å². The van der Waals surface area contributed by atoms with Gasteiger partial charge in [-0.15, -0.1) is 0 Å². The Balaban J connectivity index is 1.59. The molecule has 3 rings (SSSR count). The first-order valence-electron chi connectivity index (χ1n) is 9.85. The van der Waals surface area contributed by atoms with Crippen molar-refractivity contribution in [3.05, 3.63) is 79.5 Å². The summed E-state index contributed by atoms with van der Waals surface area (Å²) in [7, 11) is 0. The van der Waals surface area contributed by atoms with E-state index in [0.29, 0.717) is 25.6 Å². The fraction of sp³-hybridized carbons (Fsp3) is 0.208. The van der Waals surface area contributed by atoms with E-state index in [0.717, 1.165) is 36.9 Å². The summed E-state index contributed by atoms with van der Waals surface area (Å²) in [5, 5.41) is 9.04. The number of aliphatic carboxylic acids is 1. The van der Waals surface area contributed by atoms with Gasteiger partial charge in [0.05, 0.1) is 33.9 Å². The number of aryl methyl sites for hydroxylation is 1. The van der Waals surface area contributed by atoms with Crippen LogP contribution in [0.4, 0.5) is 0 Å². The third-order valence-corrected chi connectivity index (χ3v) is 7.67. The molecule has 0 atom stereocenters. The highest BCUT2D eigenvalue weighted by molar-refractivity contribution is 14.1. The van der Waals surface area contributed by atoms with Crippen LogP contribution in [-0.4, -0.2) is 24.3 Å². The zero-order valence-corrected chi connectivity index (χ0v) is 26.2. The smallest absolute Gasteiger partial charge is 0.307 e. The minimum Gasteiger partial charge on any atom is -0.489 e. The van der Waals surface area contributed by atoms with Gasteiger partial charge in [0.1, 0.15) is 18.1 Å². The van der Waals surface area contributed by atoms with Crippen LogP contribution >= 0.6 is 90.4 Å². The molecule has 0 unspecified atom stereocenters. The largest absolute Gasteiger partial charge is 0.489 e. The number of carboxylic acid groups (broad SMARTS) is 1. The van der Waals surface area contributed by atoms with E-state index in [4.69, 9.17) is 19.3 Å². The molecule has 0 aliphatic carbocycles. The van der Waals surface area contributed by atoms with Crippen molar-refractivity contribution in [3.63, 3.8) is 0 Å². The topological polar surface area (TPSA) is 65.0 Å². The van der Waals surface area contributed by atoms with E-state index in [1.165, 1.54) is 5.56 Å². The second-order valence-electron chi connectivity index (χ2n) is 7.16. The highest BCUT2D eigenvalue weighted by Gasteiger charge is 2.15. The van der Waals surface area contributed by atoms with Crippen LogP contribution in [0.5, 0.6) is 17.2 Å². The second-order valence-corrected chi connectivity index (χ2v) is 11.8. The Bertz CT molecular complexity index is 1090. The molecule has 9 heteroatoms. The number of hydrogen-bond acceptors (Lipinski definition) is 4. The fourth-order valence-corrected chi connectivity index (χ4v) is 7.05. The number of carboxylic acids is 1. The van der Waals surface area contributed by atoms with E-state index in [9.17, 15) is 4.79 Å². The average molecular weight is 896 g/mol. The molecule has 0 saturated heterocycles. The lowest BCUT2D eigenvalue weighted by Crippen LogP contribution is -2.08. The molecule has 0 aliphatic rings. The van der Waals surface area contributed by atoms with Crippen LogP contribution < -0.4 is 9.47 Å². The third kappa shape index (κ3) is 8.35. The molecular formula is C24H20I4O5. The van der Waals surface area contributed by atoms with Gasteiger partial charge in [-0.25, -0.2) is 0 Å². The first-order chi connectivity index (χ1) is 15.7. The van der Waals surface area contributed by atoms with Crippen LogP contribution in [0.1, 0.15) is 16.7 Å². The lowest BCUT2D eigenvalue weighted by molar-refractivity contribution is -0.136. The highest BCUT2D eigenvalue weighted by Crippen LogP contribution is 2.37. The minimum atomic E-state index is -0.851. The zero-order chi connectivity index (χ0) is 24.0. The monoisotopic (exact) mass is 896 g/mol. The Morgan fingerprint density at radius 1 is 0.818 bits per heavy atom. The quantitative estimate of drug-likeness (QED) is 0.170. The predicted octanol–water partition coefficient (Wildman–Crippen LogP) is 7.43. The molecule has 0 bridgehead atoms. The van der Waals surface area contributed by atoms with Crippen LogP contribution in [0.2, 0.25) is 0 Å². The molecule has 33 heavy (non-hydrogen) atoms. The Morgan fingerprint density at radius 3 is 1.97 bits per heavy atom. The number of halogens is 4. The maximum Gasteiger partial charge on any atom is 0.307 e. The predicted molar refractivity (Wildman–Crippen MR) is 161 cm³/mol. The van der Waals surface area contributed by atoms with Gasteiger partial charge in [0, 0.05) is 0 Å². The van der Waals surface area contributed by atoms with Crippen molar-refractivity contribution in [2.45, 2.75) is 20.0 Å². The third-order valence-electron chi connectivity index (χ3n) is 4.47. The molecule has 0 aromatic heterocycles. The molecule has 0 spiro atoms. The maximum atomic E-state index is 11.0. The Morgan fingerprint density at radius 2 is 1.39 bits per heavy atom. The first kappa shape index (κ1) is 27.2. The van der Waals surface area contributed by atoms with E-state index in [2.05, 4.69) is 122 Å². The molecule has 3 aromatic carbocycles. The number of hydrogen-bond donors (Lipinski definition) is 1. The van der Waals surface area contributed by atoms with Gasteiger partial charge in [-0.1, -0.05) is 29.8 Å². The van der Waals surface area contributed by atoms with Crippen LogP contribution in [0.25, 0.3) is 0 Å². The number of rotatable bonds is 10. The van der Waals surface area contributed by atoms with Crippen molar-refractivity contribution in [1.29, 1.82) is 0 Å². The summed E-state index contributed by atoms with van der Waals surface area (Å²) < 4.78 is 21.5. The molecule has 0 fully saturated rings. The molecular weight excluding hydrogens is 876 g/mol. The second kappa shape index (κ2) is 13.1. The van der Waals surface area contributed by atoms with Crippen LogP contribution in [0.3, 0.4) is 0 Å². The van der Waals surface area contributed by atoms with Crippen molar-refractivity contribution in [2.75, 3.05) is 13.2 Å². The Hall–Kier alpha value is -0.390.